The lowest BCUT2D eigenvalue weighted by Gasteiger charge is -2.14. The Labute approximate surface area is 107 Å². The number of halogens is 2. The van der Waals surface area contributed by atoms with E-state index in [9.17, 15) is 4.39 Å². The number of nitrogens with zero attached hydrogens (tertiary/aromatic N) is 1. The zero-order valence-electron chi connectivity index (χ0n) is 9.08. The van der Waals surface area contributed by atoms with Crippen molar-refractivity contribution in [2.75, 3.05) is 0 Å². The minimum absolute atomic E-state index is 0.182. The molecule has 1 aromatic carbocycles. The van der Waals surface area contributed by atoms with Gasteiger partial charge in [0.2, 0.25) is 0 Å². The molecule has 1 N–H and O–H groups in total. The van der Waals surface area contributed by atoms with E-state index in [-0.39, 0.29) is 5.82 Å². The summed E-state index contributed by atoms with van der Waals surface area (Å²) in [5.41, 5.74) is 1.51. The highest BCUT2D eigenvalue weighted by Crippen LogP contribution is 2.45. The van der Waals surface area contributed by atoms with Crippen LogP contribution in [0.25, 0.3) is 0 Å². The molecule has 3 rings (SSSR count). The van der Waals surface area contributed by atoms with Crippen molar-refractivity contribution in [3.8, 4) is 0 Å². The van der Waals surface area contributed by atoms with Crippen LogP contribution in [0.15, 0.2) is 34.9 Å². The van der Waals surface area contributed by atoms with E-state index in [1.54, 1.807) is 12.3 Å². The Morgan fingerprint density at radius 2 is 2.18 bits per heavy atom. The fraction of sp³-hybridized carbons (Fsp3) is 0.231. The summed E-state index contributed by atoms with van der Waals surface area (Å²) in [7, 11) is 0. The van der Waals surface area contributed by atoms with Crippen LogP contribution >= 0.6 is 15.9 Å². The summed E-state index contributed by atoms with van der Waals surface area (Å²) in [6.07, 6.45) is 4.01. The van der Waals surface area contributed by atoms with Crippen molar-refractivity contribution in [3.63, 3.8) is 0 Å². The second-order valence-electron chi connectivity index (χ2n) is 4.27. The number of aromatic amines is 1. The van der Waals surface area contributed by atoms with Crippen molar-refractivity contribution >= 4 is 15.9 Å². The molecule has 1 aliphatic rings. The Balaban J connectivity index is 2.06. The number of hydrogen-bond acceptors (Lipinski definition) is 1. The van der Waals surface area contributed by atoms with E-state index in [0.29, 0.717) is 11.5 Å². The second kappa shape index (κ2) is 4.26. The molecule has 0 aliphatic heterocycles. The van der Waals surface area contributed by atoms with Crippen LogP contribution < -0.4 is 0 Å². The van der Waals surface area contributed by atoms with Crippen LogP contribution in [0.4, 0.5) is 4.39 Å². The van der Waals surface area contributed by atoms with Gasteiger partial charge in [0.1, 0.15) is 5.82 Å². The molecule has 1 heterocycles. The minimum Gasteiger partial charge on any atom is -0.285 e. The highest BCUT2D eigenvalue weighted by Gasteiger charge is 2.36. The molecule has 4 heteroatoms. The number of aromatic nitrogens is 2. The number of H-pyrrole nitrogens is 1. The first-order valence-corrected chi connectivity index (χ1v) is 6.37. The summed E-state index contributed by atoms with van der Waals surface area (Å²) < 4.78 is 14.8. The van der Waals surface area contributed by atoms with Crippen LogP contribution in [-0.4, -0.2) is 10.2 Å². The van der Waals surface area contributed by atoms with Gasteiger partial charge in [0.15, 0.2) is 0 Å². The summed E-state index contributed by atoms with van der Waals surface area (Å²) in [6, 6.07) is 6.94. The molecule has 2 nitrogen and oxygen atoms in total. The SMILES string of the molecule is Fc1ccc(Br)cc1[C](c1cc[nH]n1)C1CC1. The van der Waals surface area contributed by atoms with E-state index in [1.807, 2.05) is 12.1 Å². The van der Waals surface area contributed by atoms with Gasteiger partial charge in [-0.25, -0.2) is 4.39 Å². The highest BCUT2D eigenvalue weighted by atomic mass is 79.9. The van der Waals surface area contributed by atoms with E-state index >= 15 is 0 Å². The van der Waals surface area contributed by atoms with Gasteiger partial charge in [0.25, 0.3) is 0 Å². The Morgan fingerprint density at radius 1 is 1.35 bits per heavy atom. The van der Waals surface area contributed by atoms with Crippen molar-refractivity contribution in [2.45, 2.75) is 12.8 Å². The fourth-order valence-corrected chi connectivity index (χ4v) is 2.41. The lowest BCUT2D eigenvalue weighted by atomic mass is 9.91. The molecule has 0 spiro atoms. The van der Waals surface area contributed by atoms with Crippen LogP contribution in [0.1, 0.15) is 24.1 Å². The third-order valence-electron chi connectivity index (χ3n) is 2.98. The molecule has 1 saturated carbocycles. The molecule has 0 saturated heterocycles. The molecular weight excluding hydrogens is 283 g/mol. The van der Waals surface area contributed by atoms with Gasteiger partial charge in [0, 0.05) is 16.2 Å². The fourth-order valence-electron chi connectivity index (χ4n) is 2.05. The van der Waals surface area contributed by atoms with Gasteiger partial charge in [-0.05, 0) is 43.0 Å². The Hall–Kier alpha value is -1.16. The summed E-state index contributed by atoms with van der Waals surface area (Å²) in [5.74, 6) is 1.28. The molecule has 2 aromatic rings. The largest absolute Gasteiger partial charge is 0.285 e. The average Bonchev–Trinajstić information content (AvgIpc) is 2.99. The molecular formula is C13H11BrFN2. The van der Waals surface area contributed by atoms with E-state index in [2.05, 4.69) is 26.1 Å². The lowest BCUT2D eigenvalue weighted by Crippen LogP contribution is -2.07. The predicted octanol–water partition coefficient (Wildman–Crippen LogP) is 3.69. The van der Waals surface area contributed by atoms with Crippen molar-refractivity contribution in [1.82, 2.24) is 10.2 Å². The zero-order valence-corrected chi connectivity index (χ0v) is 10.7. The predicted molar refractivity (Wildman–Crippen MR) is 66.9 cm³/mol. The number of rotatable bonds is 3. The monoisotopic (exact) mass is 293 g/mol. The topological polar surface area (TPSA) is 28.7 Å². The van der Waals surface area contributed by atoms with Crippen molar-refractivity contribution in [1.29, 1.82) is 0 Å². The van der Waals surface area contributed by atoms with Crippen molar-refractivity contribution < 1.29 is 4.39 Å². The van der Waals surface area contributed by atoms with E-state index < -0.39 is 0 Å². The number of hydrogen-bond donors (Lipinski definition) is 1. The smallest absolute Gasteiger partial charge is 0.127 e. The third kappa shape index (κ3) is 2.14. The molecule has 0 atom stereocenters. The normalized spacial score (nSPS) is 15.5. The zero-order chi connectivity index (χ0) is 11.8. The first-order valence-electron chi connectivity index (χ1n) is 5.58. The quantitative estimate of drug-likeness (QED) is 0.919. The molecule has 1 fully saturated rings. The molecule has 17 heavy (non-hydrogen) atoms. The van der Waals surface area contributed by atoms with Crippen molar-refractivity contribution in [3.05, 3.63) is 57.9 Å². The van der Waals surface area contributed by atoms with E-state index in [4.69, 9.17) is 0 Å². The van der Waals surface area contributed by atoms with E-state index in [0.717, 1.165) is 28.9 Å². The first-order chi connectivity index (χ1) is 8.25. The minimum atomic E-state index is -0.182. The van der Waals surface area contributed by atoms with Crippen LogP contribution in [-0.2, 0) is 0 Å². The van der Waals surface area contributed by atoms with Crippen LogP contribution in [0.5, 0.6) is 0 Å². The maximum atomic E-state index is 13.9. The van der Waals surface area contributed by atoms with Crippen LogP contribution in [0.2, 0.25) is 0 Å². The molecule has 1 aliphatic carbocycles. The lowest BCUT2D eigenvalue weighted by molar-refractivity contribution is 0.610. The molecule has 0 bridgehead atoms. The van der Waals surface area contributed by atoms with Gasteiger partial charge in [-0.2, -0.15) is 5.10 Å². The number of benzene rings is 1. The summed E-state index contributed by atoms with van der Waals surface area (Å²) in [5, 5.41) is 6.97. The number of nitrogens with one attached hydrogen (secondary N) is 1. The molecule has 0 amide bonds. The Kier molecular flexibility index (Phi) is 2.74. The summed E-state index contributed by atoms with van der Waals surface area (Å²) in [6.45, 7) is 0. The Bertz CT molecular complexity index is 520. The molecule has 1 aromatic heterocycles. The summed E-state index contributed by atoms with van der Waals surface area (Å²) >= 11 is 3.39. The standard InChI is InChI=1S/C13H11BrFN2/c14-9-3-4-11(15)10(7-9)13(8-1-2-8)12-5-6-16-17-12/h3-8H,1-2H2,(H,16,17). The van der Waals surface area contributed by atoms with Gasteiger partial charge in [-0.3, -0.25) is 5.10 Å². The van der Waals surface area contributed by atoms with Gasteiger partial charge >= 0.3 is 0 Å². The van der Waals surface area contributed by atoms with Gasteiger partial charge < -0.3 is 0 Å². The van der Waals surface area contributed by atoms with Crippen LogP contribution in [0.3, 0.4) is 0 Å². The molecule has 87 valence electrons. The third-order valence-corrected chi connectivity index (χ3v) is 3.47. The van der Waals surface area contributed by atoms with Crippen LogP contribution in [0, 0.1) is 17.7 Å². The van der Waals surface area contributed by atoms with Crippen molar-refractivity contribution in [2.24, 2.45) is 5.92 Å². The van der Waals surface area contributed by atoms with Gasteiger partial charge in [-0.1, -0.05) is 15.9 Å². The van der Waals surface area contributed by atoms with Gasteiger partial charge in [-0.15, -0.1) is 0 Å². The highest BCUT2D eigenvalue weighted by molar-refractivity contribution is 9.10. The van der Waals surface area contributed by atoms with E-state index in [1.165, 1.54) is 6.07 Å². The maximum Gasteiger partial charge on any atom is 0.127 e. The molecule has 1 radical (unpaired) electrons. The van der Waals surface area contributed by atoms with Gasteiger partial charge in [0.05, 0.1) is 11.6 Å². The first kappa shape index (κ1) is 11.0. The second-order valence-corrected chi connectivity index (χ2v) is 5.19. The maximum absolute atomic E-state index is 13.9. The molecule has 0 unspecified atom stereocenters. The summed E-state index contributed by atoms with van der Waals surface area (Å²) in [4.78, 5) is 0. The average molecular weight is 294 g/mol. The Morgan fingerprint density at radius 3 is 2.82 bits per heavy atom.